The van der Waals surface area contributed by atoms with Gasteiger partial charge in [0.1, 0.15) is 0 Å². The zero-order chi connectivity index (χ0) is 11.4. The van der Waals surface area contributed by atoms with Crippen LogP contribution >= 0.6 is 0 Å². The highest BCUT2D eigenvalue weighted by Gasteiger charge is 2.33. The first kappa shape index (κ1) is 11.0. The Hall–Kier alpha value is -1.53. The first-order valence-electron chi connectivity index (χ1n) is 5.13. The van der Waals surface area contributed by atoms with Gasteiger partial charge in [0, 0.05) is 18.4 Å². The molecule has 0 aliphatic carbocycles. The Bertz CT molecular complexity index is 357. The predicted octanol–water partition coefficient (Wildman–Crippen LogP) is -0.350. The third-order valence-electron chi connectivity index (χ3n) is 2.60. The molecule has 1 aromatic heterocycles. The van der Waals surface area contributed by atoms with E-state index in [1.165, 1.54) is 12.4 Å². The Labute approximate surface area is 93.4 Å². The van der Waals surface area contributed by atoms with Crippen molar-refractivity contribution in [3.05, 3.63) is 18.6 Å². The van der Waals surface area contributed by atoms with Crippen molar-refractivity contribution in [1.82, 2.24) is 15.3 Å². The number of anilines is 1. The summed E-state index contributed by atoms with van der Waals surface area (Å²) in [6.45, 7) is 1.01. The number of rotatable bonds is 3. The number of likely N-dealkylation sites (N-methyl/N-ethyl adjacent to an activating group) is 1. The molecule has 0 bridgehead atoms. The molecule has 6 heteroatoms. The quantitative estimate of drug-likeness (QED) is 0.731. The summed E-state index contributed by atoms with van der Waals surface area (Å²) in [5, 5.41) is 5.77. The normalized spacial score (nSPS) is 24.3. The van der Waals surface area contributed by atoms with E-state index < -0.39 is 0 Å². The fourth-order valence-corrected chi connectivity index (χ4v) is 1.68. The molecule has 1 saturated heterocycles. The summed E-state index contributed by atoms with van der Waals surface area (Å²) in [6, 6.07) is 0.0664. The molecule has 1 amide bonds. The molecule has 1 aliphatic rings. The lowest BCUT2D eigenvalue weighted by molar-refractivity contribution is -0.120. The van der Waals surface area contributed by atoms with Gasteiger partial charge in [0.15, 0.2) is 5.82 Å². The fourth-order valence-electron chi connectivity index (χ4n) is 1.68. The highest BCUT2D eigenvalue weighted by atomic mass is 16.5. The van der Waals surface area contributed by atoms with E-state index in [0.717, 1.165) is 0 Å². The number of ether oxygens (including phenoxy) is 1. The lowest BCUT2D eigenvalue weighted by Gasteiger charge is -2.15. The van der Waals surface area contributed by atoms with Crippen molar-refractivity contribution in [1.29, 1.82) is 0 Å². The van der Waals surface area contributed by atoms with Crippen LogP contribution < -0.4 is 10.6 Å². The maximum absolute atomic E-state index is 11.9. The monoisotopic (exact) mass is 222 g/mol. The number of carbonyl (C=O) groups is 1. The number of nitrogens with zero attached hydrogens (tertiary/aromatic N) is 2. The Morgan fingerprint density at radius 2 is 2.38 bits per heavy atom. The minimum Gasteiger partial charge on any atom is -0.379 e. The maximum atomic E-state index is 11.9. The van der Waals surface area contributed by atoms with Gasteiger partial charge in [0.05, 0.1) is 25.3 Å². The van der Waals surface area contributed by atoms with Crippen molar-refractivity contribution < 1.29 is 9.53 Å². The van der Waals surface area contributed by atoms with Crippen molar-refractivity contribution >= 4 is 11.7 Å². The summed E-state index contributed by atoms with van der Waals surface area (Å²) in [7, 11) is 1.82. The van der Waals surface area contributed by atoms with E-state index in [9.17, 15) is 4.79 Å². The molecule has 0 saturated carbocycles. The van der Waals surface area contributed by atoms with Crippen LogP contribution in [0.25, 0.3) is 0 Å². The molecule has 2 unspecified atom stereocenters. The molecular weight excluding hydrogens is 208 g/mol. The number of aromatic nitrogens is 2. The molecule has 2 heterocycles. The van der Waals surface area contributed by atoms with Crippen molar-refractivity contribution in [2.45, 2.75) is 6.04 Å². The summed E-state index contributed by atoms with van der Waals surface area (Å²) in [5.74, 6) is 0.207. The van der Waals surface area contributed by atoms with Gasteiger partial charge in [-0.1, -0.05) is 0 Å². The zero-order valence-corrected chi connectivity index (χ0v) is 9.01. The SMILES string of the molecule is CNC1COCC1C(=O)Nc1cnccn1. The molecule has 1 aliphatic heterocycles. The van der Waals surface area contributed by atoms with E-state index in [2.05, 4.69) is 20.6 Å². The third kappa shape index (κ3) is 2.34. The molecule has 86 valence electrons. The van der Waals surface area contributed by atoms with E-state index in [-0.39, 0.29) is 17.9 Å². The summed E-state index contributed by atoms with van der Waals surface area (Å²) >= 11 is 0. The summed E-state index contributed by atoms with van der Waals surface area (Å²) in [5.41, 5.74) is 0. The molecule has 2 atom stereocenters. The van der Waals surface area contributed by atoms with Crippen molar-refractivity contribution in [2.24, 2.45) is 5.92 Å². The fraction of sp³-hybridized carbons (Fsp3) is 0.500. The second-order valence-electron chi connectivity index (χ2n) is 3.62. The van der Waals surface area contributed by atoms with Gasteiger partial charge in [-0.2, -0.15) is 0 Å². The van der Waals surface area contributed by atoms with Crippen LogP contribution in [0.15, 0.2) is 18.6 Å². The number of hydrogen-bond acceptors (Lipinski definition) is 5. The minimum absolute atomic E-state index is 0.0664. The van der Waals surface area contributed by atoms with Gasteiger partial charge < -0.3 is 15.4 Å². The van der Waals surface area contributed by atoms with E-state index >= 15 is 0 Å². The summed E-state index contributed by atoms with van der Waals surface area (Å²) in [6.07, 6.45) is 4.61. The lowest BCUT2D eigenvalue weighted by Crippen LogP contribution is -2.39. The van der Waals surface area contributed by atoms with Gasteiger partial charge in [-0.15, -0.1) is 0 Å². The van der Waals surface area contributed by atoms with Gasteiger partial charge in [-0.3, -0.25) is 9.78 Å². The molecule has 0 spiro atoms. The molecule has 1 fully saturated rings. The zero-order valence-electron chi connectivity index (χ0n) is 9.01. The Balaban J connectivity index is 1.98. The van der Waals surface area contributed by atoms with E-state index in [4.69, 9.17) is 4.74 Å². The molecule has 1 aromatic rings. The van der Waals surface area contributed by atoms with Crippen molar-refractivity contribution in [3.63, 3.8) is 0 Å². The first-order chi connectivity index (χ1) is 7.81. The summed E-state index contributed by atoms with van der Waals surface area (Å²) in [4.78, 5) is 19.7. The van der Waals surface area contributed by atoms with Crippen LogP contribution in [-0.4, -0.2) is 42.2 Å². The molecule has 0 radical (unpaired) electrons. The van der Waals surface area contributed by atoms with E-state index in [0.29, 0.717) is 19.0 Å². The van der Waals surface area contributed by atoms with Crippen LogP contribution in [0.3, 0.4) is 0 Å². The van der Waals surface area contributed by atoms with Crippen LogP contribution in [0.2, 0.25) is 0 Å². The van der Waals surface area contributed by atoms with Gasteiger partial charge in [-0.25, -0.2) is 4.98 Å². The highest BCUT2D eigenvalue weighted by Crippen LogP contribution is 2.15. The van der Waals surface area contributed by atoms with Crippen LogP contribution in [0, 0.1) is 5.92 Å². The highest BCUT2D eigenvalue weighted by molar-refractivity contribution is 5.92. The third-order valence-corrected chi connectivity index (χ3v) is 2.60. The van der Waals surface area contributed by atoms with E-state index in [1.54, 1.807) is 6.20 Å². The predicted molar refractivity (Wildman–Crippen MR) is 57.8 cm³/mol. The molecule has 16 heavy (non-hydrogen) atoms. The van der Waals surface area contributed by atoms with Crippen molar-refractivity contribution in [2.75, 3.05) is 25.6 Å². The largest absolute Gasteiger partial charge is 0.379 e. The summed E-state index contributed by atoms with van der Waals surface area (Å²) < 4.78 is 5.26. The molecule has 0 aromatic carbocycles. The Kier molecular flexibility index (Phi) is 3.43. The average molecular weight is 222 g/mol. The lowest BCUT2D eigenvalue weighted by atomic mass is 10.0. The number of nitrogens with one attached hydrogen (secondary N) is 2. The second-order valence-corrected chi connectivity index (χ2v) is 3.62. The molecule has 2 N–H and O–H groups in total. The second kappa shape index (κ2) is 5.00. The number of amides is 1. The standard InChI is InChI=1S/C10H14N4O2/c1-11-8-6-16-5-7(8)10(15)14-9-4-12-2-3-13-9/h2-4,7-8,11H,5-6H2,1H3,(H,13,14,15). The van der Waals surface area contributed by atoms with Gasteiger partial charge >= 0.3 is 0 Å². The molecular formula is C10H14N4O2. The first-order valence-corrected chi connectivity index (χ1v) is 5.13. The van der Waals surface area contributed by atoms with Crippen LogP contribution in [0.4, 0.5) is 5.82 Å². The van der Waals surface area contributed by atoms with Crippen LogP contribution in [-0.2, 0) is 9.53 Å². The van der Waals surface area contributed by atoms with Gasteiger partial charge in [0.25, 0.3) is 0 Å². The minimum atomic E-state index is -0.174. The van der Waals surface area contributed by atoms with Crippen LogP contribution in [0.5, 0.6) is 0 Å². The van der Waals surface area contributed by atoms with E-state index in [1.807, 2.05) is 7.05 Å². The Morgan fingerprint density at radius 1 is 1.50 bits per heavy atom. The van der Waals surface area contributed by atoms with Gasteiger partial charge in [-0.05, 0) is 7.05 Å². The van der Waals surface area contributed by atoms with Crippen LogP contribution in [0.1, 0.15) is 0 Å². The average Bonchev–Trinajstić information content (AvgIpc) is 2.78. The topological polar surface area (TPSA) is 76.1 Å². The number of carbonyl (C=O) groups excluding carboxylic acids is 1. The number of hydrogen-bond donors (Lipinski definition) is 2. The van der Waals surface area contributed by atoms with Crippen molar-refractivity contribution in [3.8, 4) is 0 Å². The molecule has 2 rings (SSSR count). The Morgan fingerprint density at radius 3 is 3.06 bits per heavy atom. The maximum Gasteiger partial charge on any atom is 0.232 e. The smallest absolute Gasteiger partial charge is 0.232 e. The molecule has 6 nitrogen and oxygen atoms in total. The van der Waals surface area contributed by atoms with Gasteiger partial charge in [0.2, 0.25) is 5.91 Å².